The fraction of sp³-hybridized carbons (Fsp3) is 0.812. The lowest BCUT2D eigenvalue weighted by atomic mass is 10.2. The largest absolute Gasteiger partial charge is 0.357 e. The van der Waals surface area contributed by atoms with Crippen LogP contribution in [0, 0.1) is 0 Å². The molecule has 0 saturated carbocycles. The Balaban J connectivity index is 0.00000576. The number of nitrogens with one attached hydrogen (secondary N) is 3. The molecule has 1 saturated heterocycles. The zero-order valence-electron chi connectivity index (χ0n) is 16.0. The van der Waals surface area contributed by atoms with Crippen molar-refractivity contribution in [3.05, 3.63) is 0 Å². The molecule has 146 valence electrons. The lowest BCUT2D eigenvalue weighted by Crippen LogP contribution is -2.44. The number of nitrogens with zero attached hydrogens (tertiary/aromatic N) is 3. The van der Waals surface area contributed by atoms with Crippen LogP contribution in [0.15, 0.2) is 4.99 Å². The predicted molar refractivity (Wildman–Crippen MR) is 111 cm³/mol. The van der Waals surface area contributed by atoms with Gasteiger partial charge in [0, 0.05) is 38.3 Å². The molecule has 0 radical (unpaired) electrons. The molecular formula is C16H33IN6O2. The SMILES string of the molecule is CCNC(=NCCN(C(C)C)C(C)C)NCCN1C(=O)CNC1=O.I. The van der Waals surface area contributed by atoms with Crippen molar-refractivity contribution in [2.75, 3.05) is 39.3 Å². The van der Waals surface area contributed by atoms with E-state index in [0.717, 1.165) is 13.1 Å². The highest BCUT2D eigenvalue weighted by Crippen LogP contribution is 2.03. The van der Waals surface area contributed by atoms with Crippen molar-refractivity contribution in [1.29, 1.82) is 0 Å². The molecule has 0 aliphatic carbocycles. The first kappa shape index (κ1) is 23.9. The maximum atomic E-state index is 11.5. The highest BCUT2D eigenvalue weighted by molar-refractivity contribution is 14.0. The number of imide groups is 1. The van der Waals surface area contributed by atoms with Gasteiger partial charge in [0.15, 0.2) is 5.96 Å². The van der Waals surface area contributed by atoms with E-state index in [4.69, 9.17) is 0 Å². The van der Waals surface area contributed by atoms with Crippen LogP contribution in [0.2, 0.25) is 0 Å². The summed E-state index contributed by atoms with van der Waals surface area (Å²) in [6, 6.07) is 0.638. The average molecular weight is 468 g/mol. The van der Waals surface area contributed by atoms with Crippen molar-refractivity contribution in [2.24, 2.45) is 4.99 Å². The van der Waals surface area contributed by atoms with Crippen LogP contribution in [-0.4, -0.2) is 79.0 Å². The number of hydrogen-bond acceptors (Lipinski definition) is 4. The van der Waals surface area contributed by atoms with Gasteiger partial charge in [0.2, 0.25) is 5.91 Å². The Bertz CT molecular complexity index is 432. The Labute approximate surface area is 168 Å². The first-order valence-electron chi connectivity index (χ1n) is 8.72. The smallest absolute Gasteiger partial charge is 0.324 e. The first-order chi connectivity index (χ1) is 11.4. The van der Waals surface area contributed by atoms with Crippen molar-refractivity contribution in [1.82, 2.24) is 25.8 Å². The normalized spacial score (nSPS) is 15.0. The van der Waals surface area contributed by atoms with Crippen LogP contribution in [0.25, 0.3) is 0 Å². The minimum atomic E-state index is -0.326. The molecule has 8 nitrogen and oxygen atoms in total. The van der Waals surface area contributed by atoms with E-state index in [2.05, 4.69) is 53.5 Å². The van der Waals surface area contributed by atoms with E-state index in [1.807, 2.05) is 6.92 Å². The quantitative estimate of drug-likeness (QED) is 0.202. The maximum absolute atomic E-state index is 11.5. The van der Waals surface area contributed by atoms with Gasteiger partial charge in [0.25, 0.3) is 0 Å². The van der Waals surface area contributed by atoms with Crippen LogP contribution in [0.1, 0.15) is 34.6 Å². The van der Waals surface area contributed by atoms with Crippen molar-refractivity contribution in [3.63, 3.8) is 0 Å². The highest BCUT2D eigenvalue weighted by Gasteiger charge is 2.27. The Morgan fingerprint density at radius 3 is 2.36 bits per heavy atom. The van der Waals surface area contributed by atoms with Gasteiger partial charge in [-0.3, -0.25) is 19.6 Å². The summed E-state index contributed by atoms with van der Waals surface area (Å²) in [6.07, 6.45) is 0. The van der Waals surface area contributed by atoms with Crippen LogP contribution < -0.4 is 16.0 Å². The van der Waals surface area contributed by atoms with Crippen molar-refractivity contribution in [2.45, 2.75) is 46.7 Å². The molecule has 0 spiro atoms. The van der Waals surface area contributed by atoms with E-state index in [1.165, 1.54) is 4.90 Å². The lowest BCUT2D eigenvalue weighted by Gasteiger charge is -2.29. The molecule has 0 bridgehead atoms. The summed E-state index contributed by atoms with van der Waals surface area (Å²) in [7, 11) is 0. The molecule has 0 aromatic carbocycles. The van der Waals surface area contributed by atoms with Crippen LogP contribution in [-0.2, 0) is 4.79 Å². The standard InChI is InChI=1S/C16H32N6O2.HI/c1-6-17-15(18-7-9-21(12(2)3)13(4)5)19-8-10-22-14(23)11-20-16(22)24;/h12-13H,6-11H2,1-5H3,(H,20,24)(H2,17,18,19);1H. The minimum absolute atomic E-state index is 0. The maximum Gasteiger partial charge on any atom is 0.324 e. The van der Waals surface area contributed by atoms with Gasteiger partial charge in [0.05, 0.1) is 13.1 Å². The van der Waals surface area contributed by atoms with Gasteiger partial charge in [-0.1, -0.05) is 0 Å². The summed E-state index contributed by atoms with van der Waals surface area (Å²) in [5.74, 6) is 0.519. The van der Waals surface area contributed by atoms with E-state index in [-0.39, 0.29) is 42.5 Å². The third-order valence-corrected chi connectivity index (χ3v) is 3.86. The molecule has 9 heteroatoms. The van der Waals surface area contributed by atoms with Gasteiger partial charge in [0.1, 0.15) is 0 Å². The van der Waals surface area contributed by atoms with Crippen molar-refractivity contribution in [3.8, 4) is 0 Å². The topological polar surface area (TPSA) is 89.1 Å². The molecule has 0 atom stereocenters. The number of hydrogen-bond donors (Lipinski definition) is 3. The summed E-state index contributed by atoms with van der Waals surface area (Å²) in [6.45, 7) is 14.0. The second-order valence-electron chi connectivity index (χ2n) is 6.32. The van der Waals surface area contributed by atoms with Crippen LogP contribution >= 0.6 is 24.0 Å². The van der Waals surface area contributed by atoms with E-state index in [1.54, 1.807) is 0 Å². The highest BCUT2D eigenvalue weighted by atomic mass is 127. The number of rotatable bonds is 9. The second kappa shape index (κ2) is 12.3. The number of halogens is 1. The minimum Gasteiger partial charge on any atom is -0.357 e. The Hall–Kier alpha value is -1.10. The summed E-state index contributed by atoms with van der Waals surface area (Å²) in [5, 5.41) is 8.86. The number of urea groups is 1. The number of guanidine groups is 1. The lowest BCUT2D eigenvalue weighted by molar-refractivity contribution is -0.124. The predicted octanol–water partition coefficient (Wildman–Crippen LogP) is 0.830. The van der Waals surface area contributed by atoms with E-state index >= 15 is 0 Å². The van der Waals surface area contributed by atoms with Gasteiger partial charge in [-0.25, -0.2) is 4.79 Å². The number of aliphatic imine (C=N–C) groups is 1. The van der Waals surface area contributed by atoms with Gasteiger partial charge in [-0.05, 0) is 34.6 Å². The molecule has 1 aliphatic rings. The number of amides is 3. The molecule has 0 unspecified atom stereocenters. The summed E-state index contributed by atoms with van der Waals surface area (Å²) in [4.78, 5) is 31.2. The molecule has 25 heavy (non-hydrogen) atoms. The fourth-order valence-corrected chi connectivity index (χ4v) is 2.70. The first-order valence-corrected chi connectivity index (χ1v) is 8.72. The van der Waals surface area contributed by atoms with Gasteiger partial charge in [-0.15, -0.1) is 24.0 Å². The summed E-state index contributed by atoms with van der Waals surface area (Å²) in [5.41, 5.74) is 0. The third kappa shape index (κ3) is 8.21. The van der Waals surface area contributed by atoms with Crippen LogP contribution in [0.5, 0.6) is 0 Å². The Morgan fingerprint density at radius 2 is 1.88 bits per heavy atom. The number of carbonyl (C=O) groups is 2. The summed E-state index contributed by atoms with van der Waals surface area (Å²) < 4.78 is 0. The molecule has 3 amide bonds. The van der Waals surface area contributed by atoms with Gasteiger partial charge < -0.3 is 16.0 Å². The van der Waals surface area contributed by atoms with Crippen molar-refractivity contribution < 1.29 is 9.59 Å². The molecule has 3 N–H and O–H groups in total. The molecule has 0 aromatic rings. The summed E-state index contributed by atoms with van der Waals surface area (Å²) >= 11 is 0. The third-order valence-electron chi connectivity index (χ3n) is 3.86. The molecule has 1 heterocycles. The molecule has 1 rings (SSSR count). The van der Waals surface area contributed by atoms with Crippen LogP contribution in [0.3, 0.4) is 0 Å². The molecule has 1 aliphatic heterocycles. The zero-order chi connectivity index (χ0) is 18.1. The molecular weight excluding hydrogens is 435 g/mol. The van der Waals surface area contributed by atoms with E-state index in [9.17, 15) is 9.59 Å². The van der Waals surface area contributed by atoms with Gasteiger partial charge >= 0.3 is 6.03 Å². The number of carbonyl (C=O) groups excluding carboxylic acids is 2. The van der Waals surface area contributed by atoms with Gasteiger partial charge in [-0.2, -0.15) is 0 Å². The van der Waals surface area contributed by atoms with Crippen molar-refractivity contribution >= 4 is 41.9 Å². The molecule has 1 fully saturated rings. The molecule has 0 aromatic heterocycles. The fourth-order valence-electron chi connectivity index (χ4n) is 2.70. The van der Waals surface area contributed by atoms with E-state index in [0.29, 0.717) is 37.7 Å². The average Bonchev–Trinajstić information content (AvgIpc) is 2.82. The monoisotopic (exact) mass is 468 g/mol. The second-order valence-corrected chi connectivity index (χ2v) is 6.32. The van der Waals surface area contributed by atoms with Crippen LogP contribution in [0.4, 0.5) is 4.79 Å². The van der Waals surface area contributed by atoms with E-state index < -0.39 is 0 Å². The Morgan fingerprint density at radius 1 is 1.24 bits per heavy atom. The zero-order valence-corrected chi connectivity index (χ0v) is 18.3. The Kier molecular flexibility index (Phi) is 11.7.